The second-order valence-corrected chi connectivity index (χ2v) is 3.67. The van der Waals surface area contributed by atoms with Crippen molar-refractivity contribution >= 4 is 17.5 Å². The molecule has 1 aromatic rings. The van der Waals surface area contributed by atoms with E-state index in [0.717, 1.165) is 4.90 Å². The SMILES string of the molecule is CSc1ccc(C(O)C(C)=O)cc1. The van der Waals surface area contributed by atoms with Crippen LogP contribution in [-0.4, -0.2) is 17.1 Å². The highest BCUT2D eigenvalue weighted by molar-refractivity contribution is 7.98. The van der Waals surface area contributed by atoms with Gasteiger partial charge in [0.25, 0.3) is 0 Å². The molecule has 0 fully saturated rings. The third-order valence-corrected chi connectivity index (χ3v) is 2.56. The summed E-state index contributed by atoms with van der Waals surface area (Å²) < 4.78 is 0. The quantitative estimate of drug-likeness (QED) is 0.752. The van der Waals surface area contributed by atoms with E-state index in [9.17, 15) is 9.90 Å². The Balaban J connectivity index is 2.85. The van der Waals surface area contributed by atoms with E-state index in [0.29, 0.717) is 5.56 Å². The van der Waals surface area contributed by atoms with Crippen LogP contribution in [0.2, 0.25) is 0 Å². The fraction of sp³-hybridized carbons (Fsp3) is 0.300. The van der Waals surface area contributed by atoms with Crippen LogP contribution in [0.4, 0.5) is 0 Å². The maximum atomic E-state index is 10.8. The van der Waals surface area contributed by atoms with E-state index in [-0.39, 0.29) is 5.78 Å². The molecule has 1 N–H and O–H groups in total. The normalized spacial score (nSPS) is 12.5. The van der Waals surface area contributed by atoms with E-state index in [2.05, 4.69) is 0 Å². The van der Waals surface area contributed by atoms with Crippen molar-refractivity contribution in [3.63, 3.8) is 0 Å². The largest absolute Gasteiger partial charge is 0.381 e. The predicted octanol–water partition coefficient (Wildman–Crippen LogP) is 2.03. The molecule has 0 aromatic heterocycles. The van der Waals surface area contributed by atoms with Gasteiger partial charge < -0.3 is 5.11 Å². The van der Waals surface area contributed by atoms with E-state index in [1.807, 2.05) is 18.4 Å². The Morgan fingerprint density at radius 1 is 1.38 bits per heavy atom. The smallest absolute Gasteiger partial charge is 0.162 e. The Morgan fingerprint density at radius 2 is 1.92 bits per heavy atom. The first kappa shape index (κ1) is 10.3. The molecule has 70 valence electrons. The van der Waals surface area contributed by atoms with Gasteiger partial charge in [0.2, 0.25) is 0 Å². The van der Waals surface area contributed by atoms with Gasteiger partial charge in [-0.2, -0.15) is 0 Å². The zero-order valence-corrected chi connectivity index (χ0v) is 8.47. The Morgan fingerprint density at radius 3 is 2.31 bits per heavy atom. The van der Waals surface area contributed by atoms with Crippen LogP contribution < -0.4 is 0 Å². The lowest BCUT2D eigenvalue weighted by Crippen LogP contribution is -2.06. The number of benzene rings is 1. The van der Waals surface area contributed by atoms with Gasteiger partial charge in [0.1, 0.15) is 6.10 Å². The summed E-state index contributed by atoms with van der Waals surface area (Å²) in [5, 5.41) is 9.41. The van der Waals surface area contributed by atoms with Gasteiger partial charge >= 0.3 is 0 Å². The van der Waals surface area contributed by atoms with Gasteiger partial charge in [-0.15, -0.1) is 11.8 Å². The summed E-state index contributed by atoms with van der Waals surface area (Å²) in [5.74, 6) is -0.225. The molecule has 0 spiro atoms. The monoisotopic (exact) mass is 196 g/mol. The highest BCUT2D eigenvalue weighted by Crippen LogP contribution is 2.19. The lowest BCUT2D eigenvalue weighted by Gasteiger charge is -2.06. The predicted molar refractivity (Wildman–Crippen MR) is 53.9 cm³/mol. The van der Waals surface area contributed by atoms with Crippen LogP contribution in [0.1, 0.15) is 18.6 Å². The third kappa shape index (κ3) is 2.57. The molecule has 0 saturated heterocycles. The lowest BCUT2D eigenvalue weighted by atomic mass is 10.1. The number of carbonyl (C=O) groups is 1. The summed E-state index contributed by atoms with van der Waals surface area (Å²) in [6, 6.07) is 7.34. The van der Waals surface area contributed by atoms with Crippen LogP contribution in [0, 0.1) is 0 Å². The number of Topliss-reactive ketones (excluding diaryl/α,β-unsaturated/α-hetero) is 1. The van der Waals surface area contributed by atoms with Gasteiger partial charge in [-0.25, -0.2) is 0 Å². The minimum Gasteiger partial charge on any atom is -0.381 e. The molecule has 0 heterocycles. The van der Waals surface area contributed by atoms with Crippen LogP contribution >= 0.6 is 11.8 Å². The summed E-state index contributed by atoms with van der Waals surface area (Å²) in [7, 11) is 0. The molecule has 3 heteroatoms. The van der Waals surface area contributed by atoms with Gasteiger partial charge in [0.05, 0.1) is 0 Å². The minimum atomic E-state index is -0.976. The first-order valence-electron chi connectivity index (χ1n) is 3.97. The first-order chi connectivity index (χ1) is 6.15. The molecule has 0 radical (unpaired) electrons. The average Bonchev–Trinajstić information content (AvgIpc) is 2.17. The molecule has 1 unspecified atom stereocenters. The Bertz CT molecular complexity index is 292. The maximum Gasteiger partial charge on any atom is 0.162 e. The fourth-order valence-electron chi connectivity index (χ4n) is 1.02. The maximum absolute atomic E-state index is 10.8. The zero-order valence-electron chi connectivity index (χ0n) is 7.65. The number of ketones is 1. The number of hydrogen-bond donors (Lipinski definition) is 1. The zero-order chi connectivity index (χ0) is 9.84. The van der Waals surface area contributed by atoms with Crippen molar-refractivity contribution in [2.45, 2.75) is 17.9 Å². The number of hydrogen-bond acceptors (Lipinski definition) is 3. The minimum absolute atomic E-state index is 0.225. The van der Waals surface area contributed by atoms with E-state index < -0.39 is 6.10 Å². The topological polar surface area (TPSA) is 37.3 Å². The Hall–Kier alpha value is -0.800. The van der Waals surface area contributed by atoms with Gasteiger partial charge in [0.15, 0.2) is 5.78 Å². The van der Waals surface area contributed by atoms with Crippen molar-refractivity contribution in [1.29, 1.82) is 0 Å². The molecule has 0 aliphatic heterocycles. The Labute approximate surface area is 82.0 Å². The number of thioether (sulfide) groups is 1. The molecule has 1 aromatic carbocycles. The summed E-state index contributed by atoms with van der Waals surface area (Å²) in [5.41, 5.74) is 0.658. The lowest BCUT2D eigenvalue weighted by molar-refractivity contribution is -0.125. The van der Waals surface area contributed by atoms with Crippen molar-refractivity contribution in [2.24, 2.45) is 0 Å². The molecule has 0 saturated carbocycles. The molecule has 13 heavy (non-hydrogen) atoms. The van der Waals surface area contributed by atoms with Gasteiger partial charge in [0, 0.05) is 4.90 Å². The standard InChI is InChI=1S/C10H12O2S/c1-7(11)10(12)8-3-5-9(13-2)6-4-8/h3-6,10,12H,1-2H3. The van der Waals surface area contributed by atoms with Crippen LogP contribution in [0.3, 0.4) is 0 Å². The second kappa shape index (κ2) is 4.44. The van der Waals surface area contributed by atoms with Gasteiger partial charge in [-0.3, -0.25) is 4.79 Å². The number of aliphatic hydroxyl groups is 1. The van der Waals surface area contributed by atoms with E-state index in [1.165, 1.54) is 6.92 Å². The molecule has 2 nitrogen and oxygen atoms in total. The Kier molecular flexibility index (Phi) is 3.51. The number of rotatable bonds is 3. The summed E-state index contributed by atoms with van der Waals surface area (Å²) in [6.45, 7) is 1.38. The summed E-state index contributed by atoms with van der Waals surface area (Å²) in [4.78, 5) is 12.0. The van der Waals surface area contributed by atoms with E-state index in [1.54, 1.807) is 23.9 Å². The second-order valence-electron chi connectivity index (χ2n) is 2.79. The first-order valence-corrected chi connectivity index (χ1v) is 5.20. The van der Waals surface area contributed by atoms with Crippen molar-refractivity contribution in [1.82, 2.24) is 0 Å². The molecular weight excluding hydrogens is 184 g/mol. The van der Waals surface area contributed by atoms with Crippen LogP contribution in [-0.2, 0) is 4.79 Å². The van der Waals surface area contributed by atoms with Crippen LogP contribution in [0.15, 0.2) is 29.2 Å². The van der Waals surface area contributed by atoms with Crippen molar-refractivity contribution in [3.8, 4) is 0 Å². The molecule has 0 bridgehead atoms. The van der Waals surface area contributed by atoms with Crippen molar-refractivity contribution in [2.75, 3.05) is 6.26 Å². The van der Waals surface area contributed by atoms with Gasteiger partial charge in [-0.1, -0.05) is 12.1 Å². The average molecular weight is 196 g/mol. The molecule has 0 aliphatic rings. The summed E-state index contributed by atoms with van der Waals surface area (Å²) in [6.07, 6.45) is 1.01. The van der Waals surface area contributed by atoms with E-state index in [4.69, 9.17) is 0 Å². The van der Waals surface area contributed by atoms with Crippen molar-refractivity contribution < 1.29 is 9.90 Å². The molecular formula is C10H12O2S. The highest BCUT2D eigenvalue weighted by atomic mass is 32.2. The molecule has 0 amide bonds. The molecule has 1 atom stereocenters. The van der Waals surface area contributed by atoms with Crippen LogP contribution in [0.25, 0.3) is 0 Å². The number of carbonyl (C=O) groups excluding carboxylic acids is 1. The fourth-order valence-corrected chi connectivity index (χ4v) is 1.43. The summed E-state index contributed by atoms with van der Waals surface area (Å²) >= 11 is 1.63. The van der Waals surface area contributed by atoms with Crippen LogP contribution in [0.5, 0.6) is 0 Å². The van der Waals surface area contributed by atoms with Crippen molar-refractivity contribution in [3.05, 3.63) is 29.8 Å². The van der Waals surface area contributed by atoms with E-state index >= 15 is 0 Å². The van der Waals surface area contributed by atoms with Gasteiger partial charge in [-0.05, 0) is 30.9 Å². The molecule has 1 rings (SSSR count). The third-order valence-electron chi connectivity index (χ3n) is 1.82. The molecule has 0 aliphatic carbocycles. The highest BCUT2D eigenvalue weighted by Gasteiger charge is 2.11. The number of aliphatic hydroxyl groups excluding tert-OH is 1.